The number of nitrogens with one attached hydrogen (secondary N) is 2. The third-order valence-corrected chi connectivity index (χ3v) is 4.88. The molecular weight excluding hydrogens is 224 g/mol. The van der Waals surface area contributed by atoms with Crippen LogP contribution in [0.1, 0.15) is 57.8 Å². The summed E-state index contributed by atoms with van der Waals surface area (Å²) in [6.45, 7) is 0.490. The molecule has 104 valence electrons. The molecule has 0 aromatic carbocycles. The van der Waals surface area contributed by atoms with Gasteiger partial charge < -0.3 is 10.6 Å². The second kappa shape index (κ2) is 7.13. The van der Waals surface area contributed by atoms with E-state index in [2.05, 4.69) is 10.6 Å². The van der Waals surface area contributed by atoms with E-state index >= 15 is 0 Å². The van der Waals surface area contributed by atoms with E-state index in [0.717, 1.165) is 11.8 Å². The van der Waals surface area contributed by atoms with Crippen molar-refractivity contribution in [2.75, 3.05) is 13.6 Å². The van der Waals surface area contributed by atoms with Crippen LogP contribution in [0.25, 0.3) is 0 Å². The largest absolute Gasteiger partial charge is 0.358 e. The minimum absolute atomic E-state index is 0.114. The minimum Gasteiger partial charge on any atom is -0.358 e. The second-order valence-corrected chi connectivity index (χ2v) is 6.01. The summed E-state index contributed by atoms with van der Waals surface area (Å²) in [5.41, 5.74) is 0. The Morgan fingerprint density at radius 2 is 1.67 bits per heavy atom. The molecule has 2 atom stereocenters. The van der Waals surface area contributed by atoms with Gasteiger partial charge in [0.2, 0.25) is 5.91 Å². The summed E-state index contributed by atoms with van der Waals surface area (Å²) in [6, 6.07) is 0.583. The Morgan fingerprint density at radius 1 is 1.00 bits per heavy atom. The maximum atomic E-state index is 11.4. The molecular formula is C15H28N2O. The van der Waals surface area contributed by atoms with Crippen molar-refractivity contribution in [1.29, 1.82) is 0 Å². The van der Waals surface area contributed by atoms with Gasteiger partial charge in [0.05, 0.1) is 6.54 Å². The summed E-state index contributed by atoms with van der Waals surface area (Å²) in [5.74, 6) is 1.85. The fourth-order valence-corrected chi connectivity index (χ4v) is 3.85. The smallest absolute Gasteiger partial charge is 0.233 e. The standard InChI is InChI=1S/C15H28N2O/c1-16-15(18)11-17-14-10-6-5-9-13(14)12-7-3-2-4-8-12/h12-14,17H,2-11H2,1H3,(H,16,18). The van der Waals surface area contributed by atoms with Crippen molar-refractivity contribution in [1.82, 2.24) is 10.6 Å². The predicted molar refractivity (Wildman–Crippen MR) is 74.4 cm³/mol. The lowest BCUT2D eigenvalue weighted by atomic mass is 9.71. The monoisotopic (exact) mass is 252 g/mol. The van der Waals surface area contributed by atoms with Crippen LogP contribution in [0.3, 0.4) is 0 Å². The molecule has 0 heterocycles. The zero-order valence-corrected chi connectivity index (χ0v) is 11.7. The molecule has 0 radical (unpaired) electrons. The average molecular weight is 252 g/mol. The SMILES string of the molecule is CNC(=O)CNC1CCCCC1C1CCCCC1. The predicted octanol–water partition coefficient (Wildman–Crippen LogP) is 2.46. The van der Waals surface area contributed by atoms with Gasteiger partial charge in [-0.05, 0) is 24.7 Å². The van der Waals surface area contributed by atoms with Crippen LogP contribution in [0.5, 0.6) is 0 Å². The van der Waals surface area contributed by atoms with Crippen LogP contribution < -0.4 is 10.6 Å². The van der Waals surface area contributed by atoms with E-state index in [4.69, 9.17) is 0 Å². The van der Waals surface area contributed by atoms with Gasteiger partial charge in [0, 0.05) is 13.1 Å². The van der Waals surface area contributed by atoms with Crippen LogP contribution in [0.15, 0.2) is 0 Å². The van der Waals surface area contributed by atoms with Gasteiger partial charge in [0.1, 0.15) is 0 Å². The zero-order valence-electron chi connectivity index (χ0n) is 11.7. The van der Waals surface area contributed by atoms with Crippen LogP contribution in [0.2, 0.25) is 0 Å². The summed E-state index contributed by atoms with van der Waals surface area (Å²) >= 11 is 0. The molecule has 0 aromatic heterocycles. The number of carbonyl (C=O) groups excluding carboxylic acids is 1. The zero-order chi connectivity index (χ0) is 12.8. The molecule has 2 N–H and O–H groups in total. The second-order valence-electron chi connectivity index (χ2n) is 6.01. The highest BCUT2D eigenvalue weighted by Crippen LogP contribution is 2.38. The van der Waals surface area contributed by atoms with E-state index in [1.807, 2.05) is 0 Å². The number of rotatable bonds is 4. The number of hydrogen-bond donors (Lipinski definition) is 2. The molecule has 0 saturated heterocycles. The first-order valence-corrected chi connectivity index (χ1v) is 7.75. The summed E-state index contributed by atoms with van der Waals surface area (Å²) in [7, 11) is 1.71. The van der Waals surface area contributed by atoms with E-state index in [1.54, 1.807) is 7.05 Å². The normalized spacial score (nSPS) is 30.1. The molecule has 2 unspecified atom stereocenters. The first-order chi connectivity index (χ1) is 8.81. The van der Waals surface area contributed by atoms with Gasteiger partial charge in [-0.3, -0.25) is 4.79 Å². The van der Waals surface area contributed by atoms with Gasteiger partial charge in [-0.1, -0.05) is 44.9 Å². The van der Waals surface area contributed by atoms with Crippen molar-refractivity contribution in [3.8, 4) is 0 Å². The van der Waals surface area contributed by atoms with Crippen LogP contribution in [-0.4, -0.2) is 25.5 Å². The van der Waals surface area contributed by atoms with Crippen LogP contribution in [0.4, 0.5) is 0 Å². The third-order valence-electron chi connectivity index (χ3n) is 4.88. The molecule has 0 aromatic rings. The molecule has 0 bridgehead atoms. The van der Waals surface area contributed by atoms with Crippen LogP contribution in [0, 0.1) is 11.8 Å². The summed E-state index contributed by atoms with van der Waals surface area (Å²) < 4.78 is 0. The number of likely N-dealkylation sites (N-methyl/N-ethyl adjacent to an activating group) is 1. The van der Waals surface area contributed by atoms with Gasteiger partial charge in [-0.2, -0.15) is 0 Å². The van der Waals surface area contributed by atoms with Crippen molar-refractivity contribution in [2.24, 2.45) is 11.8 Å². The Hall–Kier alpha value is -0.570. The Bertz CT molecular complexity index is 261. The van der Waals surface area contributed by atoms with Crippen molar-refractivity contribution < 1.29 is 4.79 Å². The van der Waals surface area contributed by atoms with Gasteiger partial charge in [-0.15, -0.1) is 0 Å². The van der Waals surface area contributed by atoms with E-state index < -0.39 is 0 Å². The highest BCUT2D eigenvalue weighted by atomic mass is 16.1. The average Bonchev–Trinajstić information content (AvgIpc) is 2.46. The van der Waals surface area contributed by atoms with Crippen molar-refractivity contribution in [2.45, 2.75) is 63.8 Å². The Balaban J connectivity index is 1.86. The molecule has 3 heteroatoms. The van der Waals surface area contributed by atoms with Crippen molar-refractivity contribution in [3.05, 3.63) is 0 Å². The number of amides is 1. The maximum Gasteiger partial charge on any atom is 0.233 e. The van der Waals surface area contributed by atoms with E-state index in [-0.39, 0.29) is 5.91 Å². The molecule has 2 aliphatic carbocycles. The summed E-state index contributed by atoms with van der Waals surface area (Å²) in [6.07, 6.45) is 12.5. The topological polar surface area (TPSA) is 41.1 Å². The lowest BCUT2D eigenvalue weighted by Crippen LogP contribution is -2.45. The molecule has 0 spiro atoms. The molecule has 2 aliphatic rings. The summed E-state index contributed by atoms with van der Waals surface area (Å²) in [4.78, 5) is 11.4. The van der Waals surface area contributed by atoms with Crippen molar-refractivity contribution >= 4 is 5.91 Å². The molecule has 18 heavy (non-hydrogen) atoms. The quantitative estimate of drug-likeness (QED) is 0.807. The Morgan fingerprint density at radius 3 is 2.39 bits per heavy atom. The van der Waals surface area contributed by atoms with Crippen molar-refractivity contribution in [3.63, 3.8) is 0 Å². The van der Waals surface area contributed by atoms with Gasteiger partial charge in [-0.25, -0.2) is 0 Å². The first kappa shape index (κ1) is 13.9. The summed E-state index contributed by atoms with van der Waals surface area (Å²) in [5, 5.41) is 6.21. The molecule has 2 saturated carbocycles. The van der Waals surface area contributed by atoms with Gasteiger partial charge in [0.25, 0.3) is 0 Å². The molecule has 2 rings (SSSR count). The van der Waals surface area contributed by atoms with E-state index in [9.17, 15) is 4.79 Å². The highest BCUT2D eigenvalue weighted by Gasteiger charge is 2.32. The molecule has 2 fully saturated rings. The van der Waals surface area contributed by atoms with Gasteiger partial charge >= 0.3 is 0 Å². The van der Waals surface area contributed by atoms with E-state index in [0.29, 0.717) is 12.6 Å². The van der Waals surface area contributed by atoms with E-state index in [1.165, 1.54) is 57.8 Å². The lowest BCUT2D eigenvalue weighted by molar-refractivity contribution is -0.120. The molecule has 3 nitrogen and oxygen atoms in total. The fraction of sp³-hybridized carbons (Fsp3) is 0.933. The number of hydrogen-bond acceptors (Lipinski definition) is 2. The Kier molecular flexibility index (Phi) is 5.48. The fourth-order valence-electron chi connectivity index (χ4n) is 3.85. The maximum absolute atomic E-state index is 11.4. The Labute approximate surface area is 111 Å². The molecule has 1 amide bonds. The lowest BCUT2D eigenvalue weighted by Gasteiger charge is -2.39. The highest BCUT2D eigenvalue weighted by molar-refractivity contribution is 5.77. The first-order valence-electron chi connectivity index (χ1n) is 7.75. The van der Waals surface area contributed by atoms with Gasteiger partial charge in [0.15, 0.2) is 0 Å². The van der Waals surface area contributed by atoms with Crippen LogP contribution in [-0.2, 0) is 4.79 Å². The van der Waals surface area contributed by atoms with Crippen LogP contribution >= 0.6 is 0 Å². The molecule has 0 aliphatic heterocycles. The minimum atomic E-state index is 0.114. The third kappa shape index (κ3) is 3.71. The number of carbonyl (C=O) groups is 1.